The van der Waals surface area contributed by atoms with Gasteiger partial charge >= 0.3 is 0 Å². The fourth-order valence-corrected chi connectivity index (χ4v) is 3.26. The maximum atomic E-state index is 12.4. The highest BCUT2D eigenvalue weighted by atomic mass is 32.1. The number of rotatable bonds is 4. The van der Waals surface area contributed by atoms with Gasteiger partial charge in [0.15, 0.2) is 5.78 Å². The highest BCUT2D eigenvalue weighted by Gasteiger charge is 2.15. The van der Waals surface area contributed by atoms with Gasteiger partial charge in [-0.05, 0) is 24.6 Å². The number of para-hydroxylation sites is 1. The molecule has 102 valence electrons. The SMILES string of the molecule is CCc1ccc(C(=O)Cc2nn(C)c3ccccc23)s1. The number of aryl methyl sites for hydroxylation is 2. The summed E-state index contributed by atoms with van der Waals surface area (Å²) in [6.07, 6.45) is 1.34. The van der Waals surface area contributed by atoms with Gasteiger partial charge in [-0.2, -0.15) is 5.10 Å². The van der Waals surface area contributed by atoms with Gasteiger partial charge in [0.1, 0.15) is 0 Å². The molecule has 3 nitrogen and oxygen atoms in total. The Bertz CT molecular complexity index is 770. The lowest BCUT2D eigenvalue weighted by atomic mass is 10.1. The van der Waals surface area contributed by atoms with Gasteiger partial charge in [-0.3, -0.25) is 9.48 Å². The number of aromatic nitrogens is 2. The van der Waals surface area contributed by atoms with Gasteiger partial charge in [-0.25, -0.2) is 0 Å². The molecule has 0 N–H and O–H groups in total. The Labute approximate surface area is 121 Å². The first-order valence-corrected chi connectivity index (χ1v) is 7.53. The topological polar surface area (TPSA) is 34.9 Å². The number of fused-ring (bicyclic) bond motifs is 1. The van der Waals surface area contributed by atoms with E-state index >= 15 is 0 Å². The first kappa shape index (κ1) is 13.1. The second-order valence-corrected chi connectivity index (χ2v) is 5.98. The van der Waals surface area contributed by atoms with Crippen LogP contribution in [0.2, 0.25) is 0 Å². The van der Waals surface area contributed by atoms with Crippen LogP contribution in [-0.2, 0) is 19.9 Å². The van der Waals surface area contributed by atoms with Crippen molar-refractivity contribution in [3.8, 4) is 0 Å². The quantitative estimate of drug-likeness (QED) is 0.686. The molecule has 0 amide bonds. The van der Waals surface area contributed by atoms with Crippen LogP contribution in [0.4, 0.5) is 0 Å². The molecule has 0 spiro atoms. The molecule has 0 saturated carbocycles. The predicted molar refractivity (Wildman–Crippen MR) is 82.4 cm³/mol. The average Bonchev–Trinajstić information content (AvgIpc) is 3.05. The van der Waals surface area contributed by atoms with Crippen molar-refractivity contribution >= 4 is 28.0 Å². The molecule has 0 radical (unpaired) electrons. The Morgan fingerprint density at radius 1 is 1.25 bits per heavy atom. The molecule has 0 bridgehead atoms. The molecule has 20 heavy (non-hydrogen) atoms. The Morgan fingerprint density at radius 2 is 2.05 bits per heavy atom. The van der Waals surface area contributed by atoms with Gasteiger partial charge in [0.25, 0.3) is 0 Å². The maximum Gasteiger partial charge on any atom is 0.178 e. The zero-order valence-electron chi connectivity index (χ0n) is 11.6. The Balaban J connectivity index is 1.91. The van der Waals surface area contributed by atoms with Gasteiger partial charge in [-0.1, -0.05) is 25.1 Å². The minimum atomic E-state index is 0.151. The van der Waals surface area contributed by atoms with Crippen molar-refractivity contribution < 1.29 is 4.79 Å². The summed E-state index contributed by atoms with van der Waals surface area (Å²) >= 11 is 1.59. The van der Waals surface area contributed by atoms with Crippen molar-refractivity contribution in [1.29, 1.82) is 0 Å². The van der Waals surface area contributed by atoms with E-state index in [-0.39, 0.29) is 5.78 Å². The molecule has 0 fully saturated rings. The number of Topliss-reactive ketones (excluding diaryl/α,β-unsaturated/α-hetero) is 1. The van der Waals surface area contributed by atoms with Gasteiger partial charge in [-0.15, -0.1) is 11.3 Å². The zero-order chi connectivity index (χ0) is 14.1. The van der Waals surface area contributed by atoms with Crippen LogP contribution in [0.1, 0.15) is 27.2 Å². The number of hydrogen-bond acceptors (Lipinski definition) is 3. The van der Waals surface area contributed by atoms with Crippen LogP contribution in [0.3, 0.4) is 0 Å². The molecule has 0 saturated heterocycles. The van der Waals surface area contributed by atoms with Crippen molar-refractivity contribution in [2.75, 3.05) is 0 Å². The molecule has 2 heterocycles. The molecular weight excluding hydrogens is 268 g/mol. The van der Waals surface area contributed by atoms with E-state index in [1.165, 1.54) is 4.88 Å². The molecule has 0 aliphatic heterocycles. The summed E-state index contributed by atoms with van der Waals surface area (Å²) < 4.78 is 1.84. The minimum Gasteiger partial charge on any atom is -0.293 e. The van der Waals surface area contributed by atoms with E-state index in [4.69, 9.17) is 0 Å². The molecule has 2 aromatic heterocycles. The van der Waals surface area contributed by atoms with Crippen molar-refractivity contribution in [3.05, 3.63) is 51.8 Å². The third-order valence-electron chi connectivity index (χ3n) is 3.45. The van der Waals surface area contributed by atoms with Gasteiger partial charge in [0.2, 0.25) is 0 Å². The van der Waals surface area contributed by atoms with Gasteiger partial charge < -0.3 is 0 Å². The summed E-state index contributed by atoms with van der Waals surface area (Å²) in [5.74, 6) is 0.151. The average molecular weight is 284 g/mol. The van der Waals surface area contributed by atoms with E-state index in [1.54, 1.807) is 11.3 Å². The van der Waals surface area contributed by atoms with Crippen molar-refractivity contribution in [2.45, 2.75) is 19.8 Å². The fraction of sp³-hybridized carbons (Fsp3) is 0.250. The van der Waals surface area contributed by atoms with Crippen LogP contribution in [0.5, 0.6) is 0 Å². The number of hydrogen-bond donors (Lipinski definition) is 0. The van der Waals surface area contributed by atoms with Crippen LogP contribution in [0, 0.1) is 0 Å². The Morgan fingerprint density at radius 3 is 2.80 bits per heavy atom. The number of nitrogens with zero attached hydrogens (tertiary/aromatic N) is 2. The molecule has 0 aliphatic carbocycles. The lowest BCUT2D eigenvalue weighted by Gasteiger charge is -1.96. The molecule has 0 atom stereocenters. The van der Waals surface area contributed by atoms with E-state index in [9.17, 15) is 4.79 Å². The summed E-state index contributed by atoms with van der Waals surface area (Å²) in [4.78, 5) is 14.4. The smallest absolute Gasteiger partial charge is 0.178 e. The van der Waals surface area contributed by atoms with Gasteiger partial charge in [0.05, 0.1) is 22.5 Å². The highest BCUT2D eigenvalue weighted by molar-refractivity contribution is 7.14. The summed E-state index contributed by atoms with van der Waals surface area (Å²) in [7, 11) is 1.91. The van der Waals surface area contributed by atoms with Crippen molar-refractivity contribution in [1.82, 2.24) is 9.78 Å². The van der Waals surface area contributed by atoms with E-state index in [2.05, 4.69) is 12.0 Å². The Kier molecular flexibility index (Phi) is 3.40. The number of thiophene rings is 1. The van der Waals surface area contributed by atoms with E-state index < -0.39 is 0 Å². The molecular formula is C16H16N2OS. The molecule has 4 heteroatoms. The molecule has 3 rings (SSSR count). The largest absolute Gasteiger partial charge is 0.293 e. The van der Waals surface area contributed by atoms with Gasteiger partial charge in [0, 0.05) is 17.3 Å². The third-order valence-corrected chi connectivity index (χ3v) is 4.72. The van der Waals surface area contributed by atoms with Crippen LogP contribution >= 0.6 is 11.3 Å². The highest BCUT2D eigenvalue weighted by Crippen LogP contribution is 2.22. The van der Waals surface area contributed by atoms with E-state index in [1.807, 2.05) is 48.1 Å². The van der Waals surface area contributed by atoms with Crippen LogP contribution in [-0.4, -0.2) is 15.6 Å². The number of benzene rings is 1. The minimum absolute atomic E-state index is 0.151. The maximum absolute atomic E-state index is 12.4. The lowest BCUT2D eigenvalue weighted by Crippen LogP contribution is -2.02. The third kappa shape index (κ3) is 2.27. The van der Waals surface area contributed by atoms with E-state index in [0.717, 1.165) is 27.9 Å². The molecule has 0 unspecified atom stereocenters. The predicted octanol–water partition coefficient (Wildman–Crippen LogP) is 3.62. The number of ketones is 1. The lowest BCUT2D eigenvalue weighted by molar-refractivity contribution is 0.0996. The fourth-order valence-electron chi connectivity index (χ4n) is 2.38. The number of carbonyl (C=O) groups is 1. The number of carbonyl (C=O) groups excluding carboxylic acids is 1. The normalized spacial score (nSPS) is 11.1. The summed E-state index contributed by atoms with van der Waals surface area (Å²) in [6, 6.07) is 12.0. The summed E-state index contributed by atoms with van der Waals surface area (Å²) in [5.41, 5.74) is 1.93. The first-order valence-electron chi connectivity index (χ1n) is 6.71. The Hall–Kier alpha value is -1.94. The second kappa shape index (κ2) is 5.21. The van der Waals surface area contributed by atoms with Crippen molar-refractivity contribution in [3.63, 3.8) is 0 Å². The molecule has 1 aromatic carbocycles. The standard InChI is InChI=1S/C16H16N2OS/c1-3-11-8-9-16(20-11)15(19)10-13-12-6-4-5-7-14(12)18(2)17-13/h4-9H,3,10H2,1-2H3. The van der Waals surface area contributed by atoms with Crippen molar-refractivity contribution in [2.24, 2.45) is 7.05 Å². The van der Waals surface area contributed by atoms with E-state index in [0.29, 0.717) is 6.42 Å². The first-order chi connectivity index (χ1) is 9.69. The summed E-state index contributed by atoms with van der Waals surface area (Å²) in [6.45, 7) is 2.10. The van der Waals surface area contributed by atoms with Crippen LogP contribution < -0.4 is 0 Å². The van der Waals surface area contributed by atoms with Crippen LogP contribution in [0.15, 0.2) is 36.4 Å². The second-order valence-electron chi connectivity index (χ2n) is 4.81. The zero-order valence-corrected chi connectivity index (χ0v) is 12.4. The molecule has 3 aromatic rings. The molecule has 0 aliphatic rings. The monoisotopic (exact) mass is 284 g/mol. The van der Waals surface area contributed by atoms with Crippen LogP contribution in [0.25, 0.3) is 10.9 Å². The summed E-state index contributed by atoms with van der Waals surface area (Å²) in [5, 5.41) is 5.55.